The summed E-state index contributed by atoms with van der Waals surface area (Å²) in [5, 5.41) is 15.6. The van der Waals surface area contributed by atoms with Gasteiger partial charge in [0, 0.05) is 25.3 Å². The van der Waals surface area contributed by atoms with Crippen LogP contribution < -0.4 is 0 Å². The molecule has 5 nitrogen and oxygen atoms in total. The van der Waals surface area contributed by atoms with Crippen molar-refractivity contribution in [3.63, 3.8) is 0 Å². The molecule has 1 aromatic carbocycles. The largest absolute Gasteiger partial charge is 0.387 e. The van der Waals surface area contributed by atoms with Crippen LogP contribution in [0.4, 0.5) is 0 Å². The Hall–Kier alpha value is -1.69. The van der Waals surface area contributed by atoms with Crippen molar-refractivity contribution < 1.29 is 5.11 Å². The quantitative estimate of drug-likeness (QED) is 0.906. The molecule has 1 atom stereocenters. The molecule has 1 fully saturated rings. The minimum Gasteiger partial charge on any atom is -0.387 e. The molecule has 0 spiro atoms. The third-order valence-corrected chi connectivity index (χ3v) is 4.87. The number of likely N-dealkylation sites (N-methyl/N-ethyl adjacent to an activating group) is 1. The number of benzene rings is 1. The highest BCUT2D eigenvalue weighted by atomic mass is 16.3. The van der Waals surface area contributed by atoms with Crippen LogP contribution in [0.15, 0.2) is 30.3 Å². The summed E-state index contributed by atoms with van der Waals surface area (Å²) >= 11 is 0. The lowest BCUT2D eigenvalue weighted by Crippen LogP contribution is -2.52. The molecular formula is C20H30N4O. The van der Waals surface area contributed by atoms with E-state index in [2.05, 4.69) is 52.2 Å². The molecule has 1 N–H and O–H groups in total. The maximum Gasteiger partial charge on any atom is 0.0900 e. The molecule has 0 saturated carbocycles. The molecule has 0 bridgehead atoms. The van der Waals surface area contributed by atoms with Crippen LogP contribution in [0.2, 0.25) is 0 Å². The van der Waals surface area contributed by atoms with Crippen LogP contribution in [0.25, 0.3) is 5.69 Å². The first-order chi connectivity index (χ1) is 11.9. The Morgan fingerprint density at radius 3 is 2.68 bits per heavy atom. The molecule has 25 heavy (non-hydrogen) atoms. The minimum absolute atomic E-state index is 0.616. The first-order valence-corrected chi connectivity index (χ1v) is 9.07. The number of piperidine rings is 1. The molecule has 5 heteroatoms. The van der Waals surface area contributed by atoms with E-state index in [9.17, 15) is 5.11 Å². The number of hydrogen-bond acceptors (Lipinski definition) is 4. The first-order valence-electron chi connectivity index (χ1n) is 9.07. The van der Waals surface area contributed by atoms with Crippen LogP contribution in [0.5, 0.6) is 0 Å². The van der Waals surface area contributed by atoms with Gasteiger partial charge in [-0.05, 0) is 65.0 Å². The molecule has 1 aliphatic heterocycles. The topological polar surface area (TPSA) is 44.5 Å². The van der Waals surface area contributed by atoms with E-state index in [4.69, 9.17) is 0 Å². The normalized spacial score (nSPS) is 21.8. The predicted octanol–water partition coefficient (Wildman–Crippen LogP) is 2.38. The van der Waals surface area contributed by atoms with Gasteiger partial charge < -0.3 is 10.0 Å². The molecule has 2 heterocycles. The number of likely N-dealkylation sites (tertiary alicyclic amines) is 1. The van der Waals surface area contributed by atoms with Crippen molar-refractivity contribution in [2.75, 3.05) is 33.7 Å². The third-order valence-electron chi connectivity index (χ3n) is 4.87. The van der Waals surface area contributed by atoms with Crippen molar-refractivity contribution in [1.82, 2.24) is 19.6 Å². The van der Waals surface area contributed by atoms with Gasteiger partial charge in [0.05, 0.1) is 17.0 Å². The second-order valence-corrected chi connectivity index (χ2v) is 7.74. The number of aliphatic hydroxyl groups is 1. The third kappa shape index (κ3) is 4.29. The molecule has 136 valence electrons. The molecule has 0 radical (unpaired) electrons. The molecule has 1 aromatic heterocycles. The summed E-state index contributed by atoms with van der Waals surface area (Å²) < 4.78 is 2.03. The van der Waals surface area contributed by atoms with Crippen LogP contribution in [-0.2, 0) is 6.54 Å². The van der Waals surface area contributed by atoms with Gasteiger partial charge in [-0.25, -0.2) is 4.68 Å². The lowest BCUT2D eigenvalue weighted by atomic mass is 9.92. The van der Waals surface area contributed by atoms with Crippen molar-refractivity contribution in [2.45, 2.75) is 38.8 Å². The van der Waals surface area contributed by atoms with Crippen molar-refractivity contribution in [3.8, 4) is 5.69 Å². The van der Waals surface area contributed by atoms with E-state index in [1.165, 1.54) is 5.56 Å². The molecule has 2 aromatic rings. The Kier molecular flexibility index (Phi) is 5.27. The summed E-state index contributed by atoms with van der Waals surface area (Å²) in [5.41, 5.74) is 3.95. The molecule has 0 amide bonds. The standard InChI is InChI=1S/C20H30N4O/c1-16-12-17(2)24(21-16)19-9-6-5-8-18(19)13-23-11-7-10-20(25,15-23)14-22(3)4/h5-6,8-9,12,25H,7,10-11,13-15H2,1-4H3. The summed E-state index contributed by atoms with van der Waals surface area (Å²) in [4.78, 5) is 4.45. The minimum atomic E-state index is -0.616. The van der Waals surface area contributed by atoms with Gasteiger partial charge in [-0.3, -0.25) is 4.90 Å². The predicted molar refractivity (Wildman–Crippen MR) is 101 cm³/mol. The van der Waals surface area contributed by atoms with Crippen molar-refractivity contribution in [2.24, 2.45) is 0 Å². The Labute approximate surface area is 150 Å². The second kappa shape index (κ2) is 7.28. The maximum absolute atomic E-state index is 10.9. The Balaban J connectivity index is 1.81. The highest BCUT2D eigenvalue weighted by Gasteiger charge is 2.33. The number of β-amino-alcohol motifs (C(OH)–C–C–N with tert-alkyl or cyclic N) is 1. The van der Waals surface area contributed by atoms with Gasteiger partial charge in [0.2, 0.25) is 0 Å². The van der Waals surface area contributed by atoms with Crippen molar-refractivity contribution in [1.29, 1.82) is 0 Å². The maximum atomic E-state index is 10.9. The summed E-state index contributed by atoms with van der Waals surface area (Å²) in [6.45, 7) is 7.41. The van der Waals surface area contributed by atoms with Gasteiger partial charge in [0.1, 0.15) is 0 Å². The monoisotopic (exact) mass is 342 g/mol. The number of aromatic nitrogens is 2. The average molecular weight is 342 g/mol. The highest BCUT2D eigenvalue weighted by Crippen LogP contribution is 2.25. The number of rotatable bonds is 5. The summed E-state index contributed by atoms with van der Waals surface area (Å²) in [6.07, 6.45) is 1.91. The fraction of sp³-hybridized carbons (Fsp3) is 0.550. The Morgan fingerprint density at radius 1 is 1.24 bits per heavy atom. The lowest BCUT2D eigenvalue weighted by molar-refractivity contribution is -0.0480. The van der Waals surface area contributed by atoms with E-state index in [0.717, 1.165) is 49.6 Å². The van der Waals surface area contributed by atoms with Crippen LogP contribution in [0.3, 0.4) is 0 Å². The number of hydrogen-bond donors (Lipinski definition) is 1. The molecular weight excluding hydrogens is 312 g/mol. The number of aryl methyl sites for hydroxylation is 2. The highest BCUT2D eigenvalue weighted by molar-refractivity contribution is 5.42. The summed E-state index contributed by atoms with van der Waals surface area (Å²) in [5.74, 6) is 0. The van der Waals surface area contributed by atoms with Crippen molar-refractivity contribution in [3.05, 3.63) is 47.3 Å². The molecule has 0 aliphatic carbocycles. The summed E-state index contributed by atoms with van der Waals surface area (Å²) in [6, 6.07) is 10.6. The zero-order chi connectivity index (χ0) is 18.0. The first kappa shape index (κ1) is 18.1. The van der Waals surface area contributed by atoms with Gasteiger partial charge in [0.15, 0.2) is 0 Å². The lowest BCUT2D eigenvalue weighted by Gasteiger charge is -2.40. The molecule has 1 saturated heterocycles. The van der Waals surface area contributed by atoms with E-state index in [1.807, 2.05) is 25.7 Å². The fourth-order valence-electron chi connectivity index (χ4n) is 4.02. The Bertz CT molecular complexity index is 724. The number of para-hydroxylation sites is 1. The van der Waals surface area contributed by atoms with Crippen molar-refractivity contribution >= 4 is 0 Å². The van der Waals surface area contributed by atoms with E-state index in [1.54, 1.807) is 0 Å². The second-order valence-electron chi connectivity index (χ2n) is 7.74. The molecule has 3 rings (SSSR count). The van der Waals surface area contributed by atoms with Gasteiger partial charge in [-0.1, -0.05) is 18.2 Å². The van der Waals surface area contributed by atoms with Gasteiger partial charge in [0.25, 0.3) is 0 Å². The molecule has 1 aliphatic rings. The van der Waals surface area contributed by atoms with Gasteiger partial charge in [-0.2, -0.15) is 5.10 Å². The van der Waals surface area contributed by atoms with E-state index >= 15 is 0 Å². The van der Waals surface area contributed by atoms with E-state index < -0.39 is 5.60 Å². The fourth-order valence-corrected chi connectivity index (χ4v) is 4.02. The Morgan fingerprint density at radius 2 is 2.00 bits per heavy atom. The van der Waals surface area contributed by atoms with E-state index in [-0.39, 0.29) is 0 Å². The van der Waals surface area contributed by atoms with Gasteiger partial charge >= 0.3 is 0 Å². The molecule has 1 unspecified atom stereocenters. The van der Waals surface area contributed by atoms with Crippen LogP contribution in [0.1, 0.15) is 29.8 Å². The van der Waals surface area contributed by atoms with Gasteiger partial charge in [-0.15, -0.1) is 0 Å². The van der Waals surface area contributed by atoms with Crippen LogP contribution in [0, 0.1) is 13.8 Å². The SMILES string of the molecule is Cc1cc(C)n(-c2ccccc2CN2CCCC(O)(CN(C)C)C2)n1. The van der Waals surface area contributed by atoms with Crippen LogP contribution in [-0.4, -0.2) is 64.0 Å². The number of nitrogens with zero attached hydrogens (tertiary/aromatic N) is 4. The summed E-state index contributed by atoms with van der Waals surface area (Å²) in [7, 11) is 4.05. The van der Waals surface area contributed by atoms with Crippen LogP contribution >= 0.6 is 0 Å². The zero-order valence-corrected chi connectivity index (χ0v) is 15.9. The zero-order valence-electron chi connectivity index (χ0n) is 15.9. The average Bonchev–Trinajstić information content (AvgIpc) is 2.85. The van der Waals surface area contributed by atoms with E-state index in [0.29, 0.717) is 6.54 Å². The smallest absolute Gasteiger partial charge is 0.0900 e.